The predicted molar refractivity (Wildman–Crippen MR) is 64.8 cm³/mol. The molecule has 3 aliphatic rings. The van der Waals surface area contributed by atoms with E-state index in [0.29, 0.717) is 5.91 Å². The summed E-state index contributed by atoms with van der Waals surface area (Å²) in [4.78, 5) is 16.5. The van der Waals surface area contributed by atoms with Crippen molar-refractivity contribution in [1.29, 1.82) is 0 Å². The zero-order valence-corrected chi connectivity index (χ0v) is 10.3. The topological polar surface area (TPSA) is 35.6 Å². The zero-order valence-electron chi connectivity index (χ0n) is 9.52. The molecule has 0 spiro atoms. The van der Waals surface area contributed by atoms with Gasteiger partial charge in [0, 0.05) is 45.3 Å². The number of nitrogens with zero attached hydrogens (tertiary/aromatic N) is 2. The molecule has 16 heavy (non-hydrogen) atoms. The first kappa shape index (κ1) is 12.1. The summed E-state index contributed by atoms with van der Waals surface area (Å²) in [5.74, 6) is 0.654. The van der Waals surface area contributed by atoms with E-state index in [0.717, 1.165) is 45.3 Å². The van der Waals surface area contributed by atoms with Crippen LogP contribution in [0.1, 0.15) is 12.8 Å². The minimum atomic E-state index is 0. The van der Waals surface area contributed by atoms with E-state index in [2.05, 4.69) is 15.1 Å². The van der Waals surface area contributed by atoms with Gasteiger partial charge >= 0.3 is 0 Å². The summed E-state index contributed by atoms with van der Waals surface area (Å²) in [5.41, 5.74) is 0. The quantitative estimate of drug-likeness (QED) is 0.740. The van der Waals surface area contributed by atoms with E-state index in [-0.39, 0.29) is 18.3 Å². The van der Waals surface area contributed by atoms with Gasteiger partial charge in [0.15, 0.2) is 0 Å². The number of hydrogen-bond acceptors (Lipinski definition) is 3. The number of hydrogen-bond donors (Lipinski definition) is 1. The molecule has 5 heteroatoms. The van der Waals surface area contributed by atoms with Gasteiger partial charge in [-0.2, -0.15) is 0 Å². The Hall–Kier alpha value is -0.320. The first-order chi connectivity index (χ1) is 7.34. The van der Waals surface area contributed by atoms with Gasteiger partial charge in [-0.3, -0.25) is 9.69 Å². The summed E-state index contributed by atoms with van der Waals surface area (Å²) in [7, 11) is 0. The molecule has 0 atom stereocenters. The first-order valence-corrected chi connectivity index (χ1v) is 6.08. The van der Waals surface area contributed by atoms with Crippen molar-refractivity contribution in [2.75, 3.05) is 39.3 Å². The van der Waals surface area contributed by atoms with Crippen molar-refractivity contribution >= 4 is 18.3 Å². The summed E-state index contributed by atoms with van der Waals surface area (Å²) in [5, 5.41) is 3.16. The largest absolute Gasteiger partial charge is 0.340 e. The van der Waals surface area contributed by atoms with Crippen LogP contribution in [0, 0.1) is 5.92 Å². The summed E-state index contributed by atoms with van der Waals surface area (Å²) in [6, 6.07) is 0.854. The first-order valence-electron chi connectivity index (χ1n) is 6.08. The molecule has 1 saturated carbocycles. The van der Waals surface area contributed by atoms with Crippen LogP contribution in [0.15, 0.2) is 0 Å². The number of halogens is 1. The Labute approximate surface area is 103 Å². The van der Waals surface area contributed by atoms with Crippen LogP contribution in [-0.2, 0) is 4.79 Å². The summed E-state index contributed by atoms with van der Waals surface area (Å²) >= 11 is 0. The van der Waals surface area contributed by atoms with Crippen molar-refractivity contribution in [3.8, 4) is 0 Å². The van der Waals surface area contributed by atoms with Crippen molar-refractivity contribution < 1.29 is 4.79 Å². The van der Waals surface area contributed by atoms with Crippen LogP contribution < -0.4 is 5.32 Å². The molecular weight excluding hydrogens is 226 g/mol. The second kappa shape index (κ2) is 4.90. The molecule has 1 aliphatic carbocycles. The molecule has 2 saturated heterocycles. The van der Waals surface area contributed by atoms with Crippen molar-refractivity contribution in [2.24, 2.45) is 5.92 Å². The number of nitrogens with one attached hydrogen (secondary N) is 1. The number of piperazine rings is 1. The van der Waals surface area contributed by atoms with Crippen LogP contribution in [0.3, 0.4) is 0 Å². The molecule has 0 aromatic rings. The van der Waals surface area contributed by atoms with Gasteiger partial charge in [0.1, 0.15) is 0 Å². The Morgan fingerprint density at radius 3 is 2.12 bits per heavy atom. The molecule has 0 aromatic carbocycles. The molecule has 0 radical (unpaired) electrons. The van der Waals surface area contributed by atoms with E-state index in [4.69, 9.17) is 0 Å². The maximum absolute atomic E-state index is 11.9. The Morgan fingerprint density at radius 1 is 1.06 bits per heavy atom. The number of carbonyl (C=O) groups is 1. The Balaban J connectivity index is 0.000000963. The van der Waals surface area contributed by atoms with Gasteiger partial charge in [-0.05, 0) is 12.8 Å². The molecule has 0 bridgehead atoms. The van der Waals surface area contributed by atoms with E-state index in [9.17, 15) is 4.79 Å². The highest BCUT2D eigenvalue weighted by Gasteiger charge is 2.35. The van der Waals surface area contributed by atoms with Crippen molar-refractivity contribution in [2.45, 2.75) is 18.9 Å². The second-order valence-corrected chi connectivity index (χ2v) is 4.95. The van der Waals surface area contributed by atoms with Gasteiger partial charge in [-0.25, -0.2) is 0 Å². The van der Waals surface area contributed by atoms with Crippen LogP contribution in [0.2, 0.25) is 0 Å². The predicted octanol–water partition coefficient (Wildman–Crippen LogP) is -0.0658. The van der Waals surface area contributed by atoms with Crippen LogP contribution in [0.5, 0.6) is 0 Å². The molecule has 1 amide bonds. The molecule has 3 fully saturated rings. The number of carbonyl (C=O) groups excluding carboxylic acids is 1. The Kier molecular flexibility index (Phi) is 3.72. The smallest absolute Gasteiger partial charge is 0.228 e. The average Bonchev–Trinajstić information content (AvgIpc) is 2.98. The van der Waals surface area contributed by atoms with E-state index < -0.39 is 0 Å². The summed E-state index contributed by atoms with van der Waals surface area (Å²) in [6.45, 7) is 5.87. The molecular formula is C11H20ClN3O. The van der Waals surface area contributed by atoms with E-state index in [1.54, 1.807) is 0 Å². The lowest BCUT2D eigenvalue weighted by Gasteiger charge is -2.38. The molecule has 0 unspecified atom stereocenters. The van der Waals surface area contributed by atoms with Gasteiger partial charge in [0.2, 0.25) is 5.91 Å². The van der Waals surface area contributed by atoms with Crippen LogP contribution in [0.25, 0.3) is 0 Å². The monoisotopic (exact) mass is 245 g/mol. The SMILES string of the molecule is Cl.O=C(C1CNC1)N1CCN(C2CC2)CC1. The van der Waals surface area contributed by atoms with Crippen LogP contribution in [0.4, 0.5) is 0 Å². The van der Waals surface area contributed by atoms with E-state index >= 15 is 0 Å². The Bertz CT molecular complexity index is 258. The van der Waals surface area contributed by atoms with Gasteiger partial charge in [0.25, 0.3) is 0 Å². The number of rotatable bonds is 2. The highest BCUT2D eigenvalue weighted by molar-refractivity contribution is 5.85. The molecule has 2 aliphatic heterocycles. The molecule has 2 heterocycles. The standard InChI is InChI=1S/C11H19N3O.ClH/c15-11(9-7-12-8-9)14-5-3-13(4-6-14)10-1-2-10;/h9-10,12H,1-8H2;1H. The fourth-order valence-corrected chi connectivity index (χ4v) is 2.47. The Morgan fingerprint density at radius 2 is 1.69 bits per heavy atom. The van der Waals surface area contributed by atoms with Crippen molar-refractivity contribution in [1.82, 2.24) is 15.1 Å². The molecule has 4 nitrogen and oxygen atoms in total. The van der Waals surface area contributed by atoms with Crippen LogP contribution >= 0.6 is 12.4 Å². The normalized spacial score (nSPS) is 27.1. The zero-order chi connectivity index (χ0) is 10.3. The van der Waals surface area contributed by atoms with Crippen LogP contribution in [-0.4, -0.2) is 61.0 Å². The lowest BCUT2D eigenvalue weighted by molar-refractivity contribution is -0.138. The average molecular weight is 246 g/mol. The maximum atomic E-state index is 11.9. The van der Waals surface area contributed by atoms with E-state index in [1.165, 1.54) is 12.8 Å². The van der Waals surface area contributed by atoms with Crippen molar-refractivity contribution in [3.05, 3.63) is 0 Å². The lowest BCUT2D eigenvalue weighted by Crippen LogP contribution is -2.56. The minimum Gasteiger partial charge on any atom is -0.340 e. The third-order valence-corrected chi connectivity index (χ3v) is 3.82. The third kappa shape index (κ3) is 2.34. The summed E-state index contributed by atoms with van der Waals surface area (Å²) in [6.07, 6.45) is 2.75. The fraction of sp³-hybridized carbons (Fsp3) is 0.909. The lowest BCUT2D eigenvalue weighted by atomic mass is 10.0. The third-order valence-electron chi connectivity index (χ3n) is 3.82. The molecule has 0 aromatic heterocycles. The van der Waals surface area contributed by atoms with E-state index in [1.807, 2.05) is 0 Å². The van der Waals surface area contributed by atoms with Crippen molar-refractivity contribution in [3.63, 3.8) is 0 Å². The molecule has 1 N–H and O–H groups in total. The molecule has 92 valence electrons. The molecule has 3 rings (SSSR count). The van der Waals surface area contributed by atoms with Gasteiger partial charge in [-0.1, -0.05) is 0 Å². The highest BCUT2D eigenvalue weighted by atomic mass is 35.5. The maximum Gasteiger partial charge on any atom is 0.228 e. The number of amides is 1. The van der Waals surface area contributed by atoms with Gasteiger partial charge < -0.3 is 10.2 Å². The summed E-state index contributed by atoms with van der Waals surface area (Å²) < 4.78 is 0. The van der Waals surface area contributed by atoms with Gasteiger partial charge in [0.05, 0.1) is 5.92 Å². The minimum absolute atomic E-state index is 0. The van der Waals surface area contributed by atoms with Gasteiger partial charge in [-0.15, -0.1) is 12.4 Å². The highest BCUT2D eigenvalue weighted by Crippen LogP contribution is 2.27. The fourth-order valence-electron chi connectivity index (χ4n) is 2.47. The second-order valence-electron chi connectivity index (χ2n) is 4.95.